The fourth-order valence-electron chi connectivity index (χ4n) is 3.85. The van der Waals surface area contributed by atoms with Crippen molar-refractivity contribution in [1.29, 1.82) is 0 Å². The summed E-state index contributed by atoms with van der Waals surface area (Å²) >= 11 is 0. The van der Waals surface area contributed by atoms with E-state index in [1.807, 2.05) is 6.33 Å². The molecular formula is C18H24N4. The van der Waals surface area contributed by atoms with Gasteiger partial charge in [0.15, 0.2) is 0 Å². The summed E-state index contributed by atoms with van der Waals surface area (Å²) in [6, 6.07) is 10.5. The van der Waals surface area contributed by atoms with Crippen LogP contribution in [0.25, 0.3) is 5.69 Å². The van der Waals surface area contributed by atoms with Crippen molar-refractivity contribution in [3.63, 3.8) is 0 Å². The van der Waals surface area contributed by atoms with E-state index in [1.54, 1.807) is 0 Å². The van der Waals surface area contributed by atoms with E-state index in [1.165, 1.54) is 30.0 Å². The van der Waals surface area contributed by atoms with Crippen LogP contribution >= 0.6 is 0 Å². The number of imidazole rings is 1. The third-order valence-corrected chi connectivity index (χ3v) is 5.09. The number of rotatable bonds is 3. The van der Waals surface area contributed by atoms with Crippen LogP contribution in [0.1, 0.15) is 24.7 Å². The van der Waals surface area contributed by atoms with E-state index < -0.39 is 0 Å². The van der Waals surface area contributed by atoms with Gasteiger partial charge in [-0.15, -0.1) is 0 Å². The number of hydrogen-bond donors (Lipinski definition) is 1. The molecule has 0 radical (unpaired) electrons. The van der Waals surface area contributed by atoms with E-state index in [4.69, 9.17) is 0 Å². The molecule has 4 nitrogen and oxygen atoms in total. The van der Waals surface area contributed by atoms with Crippen LogP contribution < -0.4 is 5.32 Å². The molecule has 116 valence electrons. The van der Waals surface area contributed by atoms with Crippen molar-refractivity contribution in [1.82, 2.24) is 19.8 Å². The van der Waals surface area contributed by atoms with Gasteiger partial charge in [-0.25, -0.2) is 4.98 Å². The number of nitrogens with zero attached hydrogens (tertiary/aromatic N) is 3. The molecular weight excluding hydrogens is 272 g/mol. The summed E-state index contributed by atoms with van der Waals surface area (Å²) in [5.41, 5.74) is 4.29. The zero-order valence-corrected chi connectivity index (χ0v) is 13.3. The maximum atomic E-state index is 4.69. The van der Waals surface area contributed by atoms with Crippen molar-refractivity contribution in [3.8, 4) is 5.69 Å². The van der Waals surface area contributed by atoms with Crippen LogP contribution in [0.4, 0.5) is 0 Å². The molecule has 1 fully saturated rings. The van der Waals surface area contributed by atoms with Gasteiger partial charge in [0, 0.05) is 44.0 Å². The predicted octanol–water partition coefficient (Wildman–Crippen LogP) is 2.23. The third-order valence-electron chi connectivity index (χ3n) is 5.09. The van der Waals surface area contributed by atoms with Gasteiger partial charge in [-0.05, 0) is 30.5 Å². The quantitative estimate of drug-likeness (QED) is 0.943. The minimum absolute atomic E-state index is 0.430. The monoisotopic (exact) mass is 296 g/mol. The van der Waals surface area contributed by atoms with Crippen molar-refractivity contribution >= 4 is 0 Å². The Hall–Kier alpha value is -1.65. The van der Waals surface area contributed by atoms with Crippen molar-refractivity contribution in [3.05, 3.63) is 48.0 Å². The zero-order chi connectivity index (χ0) is 15.0. The maximum absolute atomic E-state index is 4.69. The van der Waals surface area contributed by atoms with Crippen LogP contribution in [0.3, 0.4) is 0 Å². The second-order valence-electron chi connectivity index (χ2n) is 7.04. The summed E-state index contributed by atoms with van der Waals surface area (Å²) in [5.74, 6) is 0. The van der Waals surface area contributed by atoms with E-state index >= 15 is 0 Å². The van der Waals surface area contributed by atoms with Crippen molar-refractivity contribution in [2.45, 2.75) is 26.3 Å². The summed E-state index contributed by atoms with van der Waals surface area (Å²) in [7, 11) is 0. The standard InChI is InChI=1S/C18H24N4/c1-18(8-9-19-12-18)13-21-10-7-17-16(11-21)20-14-22(17)15-5-3-2-4-6-15/h2-6,14,19H,7-13H2,1H3. The highest BCUT2D eigenvalue weighted by Gasteiger charge is 2.32. The maximum Gasteiger partial charge on any atom is 0.0998 e. The van der Waals surface area contributed by atoms with Crippen molar-refractivity contribution in [2.75, 3.05) is 26.2 Å². The first kappa shape index (κ1) is 14.0. The van der Waals surface area contributed by atoms with E-state index in [-0.39, 0.29) is 0 Å². The van der Waals surface area contributed by atoms with E-state index in [0.29, 0.717) is 5.41 Å². The van der Waals surface area contributed by atoms with Gasteiger partial charge in [-0.2, -0.15) is 0 Å². The molecule has 0 spiro atoms. The minimum atomic E-state index is 0.430. The van der Waals surface area contributed by atoms with Gasteiger partial charge in [0.1, 0.15) is 0 Å². The lowest BCUT2D eigenvalue weighted by Gasteiger charge is -2.34. The normalized spacial score (nSPS) is 25.3. The van der Waals surface area contributed by atoms with E-state index in [2.05, 4.69) is 57.0 Å². The first-order valence-corrected chi connectivity index (χ1v) is 8.27. The number of aromatic nitrogens is 2. The summed E-state index contributed by atoms with van der Waals surface area (Å²) in [6.45, 7) is 8.03. The molecule has 3 heterocycles. The number of nitrogens with one attached hydrogen (secondary N) is 1. The number of para-hydroxylation sites is 1. The minimum Gasteiger partial charge on any atom is -0.316 e. The molecule has 1 aromatic carbocycles. The Kier molecular flexibility index (Phi) is 3.51. The molecule has 1 unspecified atom stereocenters. The van der Waals surface area contributed by atoms with Crippen LogP contribution in [0.15, 0.2) is 36.7 Å². The lowest BCUT2D eigenvalue weighted by molar-refractivity contribution is 0.162. The number of benzene rings is 1. The molecule has 2 aliphatic rings. The van der Waals surface area contributed by atoms with Crippen LogP contribution in [0, 0.1) is 5.41 Å². The summed E-state index contributed by atoms with van der Waals surface area (Å²) in [5, 5.41) is 3.50. The zero-order valence-electron chi connectivity index (χ0n) is 13.3. The van der Waals surface area contributed by atoms with Crippen LogP contribution in [-0.4, -0.2) is 40.6 Å². The molecule has 0 bridgehead atoms. The largest absolute Gasteiger partial charge is 0.316 e. The number of hydrogen-bond acceptors (Lipinski definition) is 3. The molecule has 1 atom stereocenters. The van der Waals surface area contributed by atoms with Crippen LogP contribution in [-0.2, 0) is 13.0 Å². The fourth-order valence-corrected chi connectivity index (χ4v) is 3.85. The fraction of sp³-hybridized carbons (Fsp3) is 0.500. The van der Waals surface area contributed by atoms with Gasteiger partial charge in [0.25, 0.3) is 0 Å². The van der Waals surface area contributed by atoms with Gasteiger partial charge in [-0.3, -0.25) is 4.90 Å². The van der Waals surface area contributed by atoms with E-state index in [9.17, 15) is 0 Å². The van der Waals surface area contributed by atoms with Gasteiger partial charge in [0.05, 0.1) is 12.0 Å². The SMILES string of the molecule is CC1(CN2CCc3c(ncn3-c3ccccc3)C2)CCNC1. The molecule has 1 N–H and O–H groups in total. The lowest BCUT2D eigenvalue weighted by atomic mass is 9.88. The summed E-state index contributed by atoms with van der Waals surface area (Å²) in [4.78, 5) is 7.27. The molecule has 0 aliphatic carbocycles. The molecule has 4 rings (SSSR count). The second-order valence-corrected chi connectivity index (χ2v) is 7.04. The molecule has 0 saturated carbocycles. The Morgan fingerprint density at radius 2 is 2.14 bits per heavy atom. The average molecular weight is 296 g/mol. The van der Waals surface area contributed by atoms with Gasteiger partial charge >= 0.3 is 0 Å². The highest BCUT2D eigenvalue weighted by molar-refractivity contribution is 5.36. The van der Waals surface area contributed by atoms with Crippen molar-refractivity contribution < 1.29 is 0 Å². The molecule has 2 aromatic rings. The molecule has 1 aromatic heterocycles. The Morgan fingerprint density at radius 3 is 2.91 bits per heavy atom. The summed E-state index contributed by atoms with van der Waals surface area (Å²) in [6.07, 6.45) is 4.37. The molecule has 0 amide bonds. The highest BCUT2D eigenvalue weighted by Crippen LogP contribution is 2.29. The van der Waals surface area contributed by atoms with Crippen molar-refractivity contribution in [2.24, 2.45) is 5.41 Å². The Bertz CT molecular complexity index is 640. The second kappa shape index (κ2) is 5.52. The smallest absolute Gasteiger partial charge is 0.0998 e. The van der Waals surface area contributed by atoms with Gasteiger partial charge in [0.2, 0.25) is 0 Å². The van der Waals surface area contributed by atoms with Gasteiger partial charge < -0.3 is 9.88 Å². The predicted molar refractivity (Wildman–Crippen MR) is 88.1 cm³/mol. The summed E-state index contributed by atoms with van der Waals surface area (Å²) < 4.78 is 2.26. The molecule has 1 saturated heterocycles. The average Bonchev–Trinajstić information content (AvgIpc) is 3.14. The molecule has 2 aliphatic heterocycles. The lowest BCUT2D eigenvalue weighted by Crippen LogP contribution is -2.40. The van der Waals surface area contributed by atoms with Crippen LogP contribution in [0.2, 0.25) is 0 Å². The first-order chi connectivity index (χ1) is 10.7. The highest BCUT2D eigenvalue weighted by atomic mass is 15.2. The Balaban J connectivity index is 1.52. The van der Waals surface area contributed by atoms with Crippen LogP contribution in [0.5, 0.6) is 0 Å². The van der Waals surface area contributed by atoms with E-state index in [0.717, 1.165) is 32.6 Å². The van der Waals surface area contributed by atoms with Gasteiger partial charge in [-0.1, -0.05) is 25.1 Å². The topological polar surface area (TPSA) is 33.1 Å². The Labute approximate surface area is 132 Å². The first-order valence-electron chi connectivity index (χ1n) is 8.27. The molecule has 22 heavy (non-hydrogen) atoms. The molecule has 4 heteroatoms. The number of fused-ring (bicyclic) bond motifs is 1. The Morgan fingerprint density at radius 1 is 1.27 bits per heavy atom. The third kappa shape index (κ3) is 2.57.